The second-order valence-electron chi connectivity index (χ2n) is 8.72. The number of hydrogen-bond donors (Lipinski definition) is 2. The van der Waals surface area contributed by atoms with Crippen molar-refractivity contribution in [1.82, 2.24) is 9.62 Å². The number of rotatable bonds is 6. The summed E-state index contributed by atoms with van der Waals surface area (Å²) in [5.41, 5.74) is -3.69. The van der Waals surface area contributed by atoms with Gasteiger partial charge in [-0.1, -0.05) is 24.3 Å². The zero-order valence-corrected chi connectivity index (χ0v) is 19.8. The van der Waals surface area contributed by atoms with Crippen LogP contribution >= 0.6 is 0 Å². The lowest BCUT2D eigenvalue weighted by Gasteiger charge is -2.26. The first-order chi connectivity index (χ1) is 16.5. The van der Waals surface area contributed by atoms with Gasteiger partial charge in [-0.05, 0) is 67.9 Å². The summed E-state index contributed by atoms with van der Waals surface area (Å²) in [6.07, 6.45) is 3.94. The molecule has 3 atom stereocenters. The van der Waals surface area contributed by atoms with Crippen molar-refractivity contribution in [1.29, 1.82) is 0 Å². The van der Waals surface area contributed by atoms with E-state index in [9.17, 15) is 26.6 Å². The molecular weight excluding hydrogens is 491 g/mol. The van der Waals surface area contributed by atoms with E-state index in [1.165, 1.54) is 35.6 Å². The maximum absolute atomic E-state index is 15.2. The lowest BCUT2D eigenvalue weighted by Crippen LogP contribution is -2.46. The molecule has 1 aliphatic carbocycles. The van der Waals surface area contributed by atoms with Gasteiger partial charge in [0.05, 0.1) is 12.1 Å². The van der Waals surface area contributed by atoms with Crippen molar-refractivity contribution in [2.45, 2.75) is 62.7 Å². The first kappa shape index (κ1) is 27.2. The Kier molecular flexibility index (Phi) is 9.00. The van der Waals surface area contributed by atoms with Crippen molar-refractivity contribution in [3.8, 4) is 11.1 Å². The number of aryl methyl sites for hydroxylation is 1. The predicted octanol–water partition coefficient (Wildman–Crippen LogP) is 4.39. The zero-order chi connectivity index (χ0) is 25.8. The molecule has 4 rings (SSSR count). The van der Waals surface area contributed by atoms with Gasteiger partial charge in [0.2, 0.25) is 6.41 Å². The number of alkyl halides is 3. The highest BCUT2D eigenvalue weighted by Crippen LogP contribution is 2.30. The molecule has 3 unspecified atom stereocenters. The van der Waals surface area contributed by atoms with E-state index in [1.54, 1.807) is 19.1 Å². The quantitative estimate of drug-likeness (QED) is 0.441. The van der Waals surface area contributed by atoms with Gasteiger partial charge in [0, 0.05) is 18.2 Å². The van der Waals surface area contributed by atoms with Gasteiger partial charge in [-0.15, -0.1) is 0 Å². The third-order valence-electron chi connectivity index (χ3n) is 6.13. The SMILES string of the molecule is Cc1cc(F)cc(-c2cccc(CC3C(NS(=O)C(F)(F)F)CCN3C=O)c2F)c1.OC1CCC1. The highest BCUT2D eigenvalue weighted by atomic mass is 32.2. The fraction of sp³-hybridized carbons (Fsp3) is 0.458. The maximum Gasteiger partial charge on any atom is 0.485 e. The smallest absolute Gasteiger partial charge is 0.393 e. The average Bonchev–Trinajstić information content (AvgIpc) is 3.14. The highest BCUT2D eigenvalue weighted by molar-refractivity contribution is 7.83. The van der Waals surface area contributed by atoms with E-state index in [4.69, 9.17) is 5.11 Å². The molecule has 1 heterocycles. The molecule has 2 N–H and O–H groups in total. The molecule has 2 fully saturated rings. The lowest BCUT2D eigenvalue weighted by molar-refractivity contribution is -0.118. The van der Waals surface area contributed by atoms with E-state index in [2.05, 4.69) is 0 Å². The third kappa shape index (κ3) is 7.08. The van der Waals surface area contributed by atoms with E-state index >= 15 is 4.39 Å². The molecule has 1 aliphatic heterocycles. The van der Waals surface area contributed by atoms with E-state index in [-0.39, 0.29) is 36.6 Å². The van der Waals surface area contributed by atoms with Crippen LogP contribution in [-0.2, 0) is 22.2 Å². The van der Waals surface area contributed by atoms with Gasteiger partial charge < -0.3 is 10.0 Å². The molecule has 35 heavy (non-hydrogen) atoms. The summed E-state index contributed by atoms with van der Waals surface area (Å²) in [7, 11) is -3.30. The van der Waals surface area contributed by atoms with Crippen LogP contribution in [0.15, 0.2) is 36.4 Å². The highest BCUT2D eigenvalue weighted by Gasteiger charge is 2.42. The van der Waals surface area contributed by atoms with Crippen LogP contribution in [0.1, 0.15) is 36.8 Å². The number of aliphatic hydroxyl groups excluding tert-OH is 1. The van der Waals surface area contributed by atoms with E-state index in [0.29, 0.717) is 17.5 Å². The van der Waals surface area contributed by atoms with Crippen molar-refractivity contribution in [2.24, 2.45) is 0 Å². The van der Waals surface area contributed by atoms with Crippen LogP contribution in [0.2, 0.25) is 0 Å². The number of nitrogens with zero attached hydrogens (tertiary/aromatic N) is 1. The van der Waals surface area contributed by atoms with Crippen molar-refractivity contribution in [3.63, 3.8) is 0 Å². The molecule has 2 aliphatic rings. The minimum Gasteiger partial charge on any atom is -0.393 e. The first-order valence-electron chi connectivity index (χ1n) is 11.2. The topological polar surface area (TPSA) is 69.6 Å². The molecule has 11 heteroatoms. The second-order valence-corrected chi connectivity index (χ2v) is 9.96. The number of likely N-dealkylation sites (tertiary alicyclic amines) is 1. The van der Waals surface area contributed by atoms with Gasteiger partial charge in [0.25, 0.3) is 0 Å². The van der Waals surface area contributed by atoms with Crippen LogP contribution in [0.3, 0.4) is 0 Å². The van der Waals surface area contributed by atoms with Gasteiger partial charge in [0.15, 0.2) is 11.0 Å². The summed E-state index contributed by atoms with van der Waals surface area (Å²) in [6, 6.07) is 6.89. The lowest BCUT2D eigenvalue weighted by atomic mass is 9.95. The monoisotopic (exact) mass is 518 g/mol. The van der Waals surface area contributed by atoms with Crippen molar-refractivity contribution < 1.29 is 36.1 Å². The Morgan fingerprint density at radius 3 is 2.40 bits per heavy atom. The summed E-state index contributed by atoms with van der Waals surface area (Å²) in [5, 5.41) is 8.45. The van der Waals surface area contributed by atoms with Gasteiger partial charge in [-0.3, -0.25) is 4.79 Å². The number of aliphatic hydroxyl groups is 1. The second kappa shape index (κ2) is 11.6. The molecular formula is C24H27F5N2O3S. The number of halogens is 5. The first-order valence-corrected chi connectivity index (χ1v) is 12.3. The third-order valence-corrected chi connectivity index (χ3v) is 7.07. The van der Waals surface area contributed by atoms with Crippen LogP contribution in [0.4, 0.5) is 22.0 Å². The van der Waals surface area contributed by atoms with Crippen LogP contribution in [0.5, 0.6) is 0 Å². The van der Waals surface area contributed by atoms with Gasteiger partial charge in [0.1, 0.15) is 11.6 Å². The molecule has 1 saturated carbocycles. The van der Waals surface area contributed by atoms with Crippen molar-refractivity contribution in [2.75, 3.05) is 6.54 Å². The number of carbonyl (C=O) groups excluding carboxylic acids is 1. The predicted molar refractivity (Wildman–Crippen MR) is 122 cm³/mol. The van der Waals surface area contributed by atoms with Gasteiger partial charge in [-0.2, -0.15) is 13.2 Å². The van der Waals surface area contributed by atoms with Gasteiger partial charge >= 0.3 is 5.51 Å². The van der Waals surface area contributed by atoms with Crippen LogP contribution < -0.4 is 4.72 Å². The Morgan fingerprint density at radius 1 is 1.17 bits per heavy atom. The van der Waals surface area contributed by atoms with Crippen LogP contribution in [-0.4, -0.2) is 50.9 Å². The fourth-order valence-corrected chi connectivity index (χ4v) is 4.76. The number of benzene rings is 2. The Morgan fingerprint density at radius 2 is 1.86 bits per heavy atom. The Hall–Kier alpha value is -2.37. The summed E-state index contributed by atoms with van der Waals surface area (Å²) in [4.78, 5) is 12.6. The number of hydrogen-bond acceptors (Lipinski definition) is 3. The van der Waals surface area contributed by atoms with Crippen LogP contribution in [0.25, 0.3) is 11.1 Å². The molecule has 2 aromatic carbocycles. The van der Waals surface area contributed by atoms with Crippen molar-refractivity contribution in [3.05, 3.63) is 59.2 Å². The molecule has 0 aromatic heterocycles. The Labute approximate surface area is 202 Å². The molecule has 0 spiro atoms. The molecule has 5 nitrogen and oxygen atoms in total. The molecule has 1 amide bonds. The number of nitrogens with one attached hydrogen (secondary N) is 1. The van der Waals surface area contributed by atoms with E-state index < -0.39 is 40.2 Å². The molecule has 0 bridgehead atoms. The van der Waals surface area contributed by atoms with Crippen molar-refractivity contribution >= 4 is 17.4 Å². The Bertz CT molecular complexity index is 1040. The largest absolute Gasteiger partial charge is 0.485 e. The number of carbonyl (C=O) groups is 1. The maximum atomic E-state index is 15.2. The normalized spacial score (nSPS) is 21.2. The van der Waals surface area contributed by atoms with Crippen LogP contribution in [0, 0.1) is 18.6 Å². The minimum atomic E-state index is -4.94. The standard InChI is InChI=1S/C20H19F5N2O2S.C4H8O/c1-12-7-14(9-15(21)8-12)16-4-2-3-13(19(16)22)10-18-17(5-6-27(18)11-28)26-30(29)20(23,24)25;5-4-2-1-3-4/h2-4,7-9,11,17-18,26H,5-6,10H2,1H3;4-5H,1-3H2. The van der Waals surface area contributed by atoms with E-state index in [1.807, 2.05) is 4.72 Å². The van der Waals surface area contributed by atoms with Gasteiger partial charge in [-0.25, -0.2) is 17.7 Å². The van der Waals surface area contributed by atoms with E-state index in [0.717, 1.165) is 12.8 Å². The average molecular weight is 519 g/mol. The number of amides is 1. The fourth-order valence-electron chi connectivity index (χ4n) is 4.07. The summed E-state index contributed by atoms with van der Waals surface area (Å²) in [6.45, 7) is 1.83. The summed E-state index contributed by atoms with van der Waals surface area (Å²) >= 11 is 0. The summed E-state index contributed by atoms with van der Waals surface area (Å²) in [5.74, 6) is -1.16. The minimum absolute atomic E-state index is 0.0648. The Balaban J connectivity index is 0.000000607. The molecule has 1 saturated heterocycles. The molecule has 192 valence electrons. The summed E-state index contributed by atoms with van der Waals surface area (Å²) < 4.78 is 80.4. The molecule has 0 radical (unpaired) electrons. The zero-order valence-electron chi connectivity index (χ0n) is 19.0. The molecule has 2 aromatic rings.